The molecule has 7 heteroatoms. The van der Waals surface area contributed by atoms with Gasteiger partial charge in [0.05, 0.1) is 6.61 Å². The molecule has 0 aliphatic carbocycles. The van der Waals surface area contributed by atoms with Gasteiger partial charge in [-0.25, -0.2) is 0 Å². The smallest absolute Gasteiger partial charge is 0.303 e. The number of carbonyl (C=O) groups is 2. The highest BCUT2D eigenvalue weighted by atomic mass is 16.5. The van der Waals surface area contributed by atoms with E-state index in [1.54, 1.807) is 43.5 Å². The number of carboxylic acids is 1. The van der Waals surface area contributed by atoms with Crippen LogP contribution in [0.5, 0.6) is 5.75 Å². The molecular formula is C17H19NO6. The van der Waals surface area contributed by atoms with E-state index in [1.807, 2.05) is 0 Å². The molecule has 2 aromatic rings. The van der Waals surface area contributed by atoms with Crippen molar-refractivity contribution in [3.63, 3.8) is 0 Å². The maximum absolute atomic E-state index is 12.1. The van der Waals surface area contributed by atoms with E-state index in [9.17, 15) is 9.59 Å². The van der Waals surface area contributed by atoms with E-state index in [4.69, 9.17) is 19.0 Å². The summed E-state index contributed by atoms with van der Waals surface area (Å²) in [4.78, 5) is 22.5. The Balaban J connectivity index is 1.84. The third-order valence-corrected chi connectivity index (χ3v) is 3.09. The molecule has 0 aliphatic heterocycles. The number of ether oxygens (including phenoxy) is 2. The predicted molar refractivity (Wildman–Crippen MR) is 86.2 cm³/mol. The van der Waals surface area contributed by atoms with Crippen LogP contribution in [0.4, 0.5) is 5.69 Å². The molecule has 128 valence electrons. The van der Waals surface area contributed by atoms with Crippen LogP contribution in [-0.4, -0.2) is 30.7 Å². The van der Waals surface area contributed by atoms with Gasteiger partial charge in [0.25, 0.3) is 5.91 Å². The zero-order chi connectivity index (χ0) is 17.4. The maximum Gasteiger partial charge on any atom is 0.303 e. The van der Waals surface area contributed by atoms with Crippen molar-refractivity contribution in [3.05, 3.63) is 47.9 Å². The number of carboxylic acid groups (broad SMARTS) is 1. The lowest BCUT2D eigenvalue weighted by Gasteiger charge is -2.07. The number of anilines is 1. The number of amides is 1. The van der Waals surface area contributed by atoms with E-state index in [0.717, 1.165) is 0 Å². The zero-order valence-corrected chi connectivity index (χ0v) is 13.3. The molecule has 1 heterocycles. The number of hydrogen-bond donors (Lipinski definition) is 2. The number of rotatable bonds is 9. The van der Waals surface area contributed by atoms with Crippen molar-refractivity contribution in [2.24, 2.45) is 0 Å². The number of benzene rings is 1. The highest BCUT2D eigenvalue weighted by molar-refractivity contribution is 6.02. The van der Waals surface area contributed by atoms with Crippen molar-refractivity contribution < 1.29 is 28.6 Å². The standard InChI is InChI=1S/C17H19NO6/c1-22-11-14-8-9-15(24-14)17(21)18-12-4-6-13(7-5-12)23-10-2-3-16(19)20/h4-9H,2-3,10-11H2,1H3,(H,18,21)(H,19,20). The number of methoxy groups -OCH3 is 1. The van der Waals surface area contributed by atoms with Crippen molar-refractivity contribution in [2.75, 3.05) is 19.0 Å². The number of nitrogens with one attached hydrogen (secondary N) is 1. The second-order valence-corrected chi connectivity index (χ2v) is 5.02. The molecule has 0 radical (unpaired) electrons. The van der Waals surface area contributed by atoms with Gasteiger partial charge in [-0.05, 0) is 42.8 Å². The van der Waals surface area contributed by atoms with Crippen LogP contribution < -0.4 is 10.1 Å². The highest BCUT2D eigenvalue weighted by Gasteiger charge is 2.11. The first-order chi connectivity index (χ1) is 11.6. The van der Waals surface area contributed by atoms with Crippen molar-refractivity contribution in [3.8, 4) is 5.75 Å². The molecule has 1 aromatic carbocycles. The fourth-order valence-electron chi connectivity index (χ4n) is 1.96. The van der Waals surface area contributed by atoms with Gasteiger partial charge < -0.3 is 24.3 Å². The fourth-order valence-corrected chi connectivity index (χ4v) is 1.96. The van der Waals surface area contributed by atoms with Gasteiger partial charge in [0, 0.05) is 19.2 Å². The highest BCUT2D eigenvalue weighted by Crippen LogP contribution is 2.17. The summed E-state index contributed by atoms with van der Waals surface area (Å²) in [5.41, 5.74) is 0.600. The molecule has 0 spiro atoms. The topological polar surface area (TPSA) is 98.0 Å². The summed E-state index contributed by atoms with van der Waals surface area (Å²) < 4.78 is 15.7. The summed E-state index contributed by atoms with van der Waals surface area (Å²) in [7, 11) is 1.55. The molecule has 7 nitrogen and oxygen atoms in total. The van der Waals surface area contributed by atoms with E-state index < -0.39 is 5.97 Å². The van der Waals surface area contributed by atoms with Gasteiger partial charge in [-0.15, -0.1) is 0 Å². The molecule has 0 unspecified atom stereocenters. The van der Waals surface area contributed by atoms with Crippen molar-refractivity contribution in [1.29, 1.82) is 0 Å². The normalized spacial score (nSPS) is 10.4. The molecule has 0 fully saturated rings. The monoisotopic (exact) mass is 333 g/mol. The van der Waals surface area contributed by atoms with Gasteiger partial charge in [-0.3, -0.25) is 9.59 Å². The summed E-state index contributed by atoms with van der Waals surface area (Å²) >= 11 is 0. The summed E-state index contributed by atoms with van der Waals surface area (Å²) in [6.45, 7) is 0.633. The molecule has 0 atom stereocenters. The molecule has 2 N–H and O–H groups in total. The van der Waals surface area contributed by atoms with Crippen molar-refractivity contribution in [1.82, 2.24) is 0 Å². The van der Waals surface area contributed by atoms with Crippen LogP contribution in [-0.2, 0) is 16.1 Å². The zero-order valence-electron chi connectivity index (χ0n) is 13.3. The van der Waals surface area contributed by atoms with Crippen LogP contribution in [0.25, 0.3) is 0 Å². The van der Waals surface area contributed by atoms with Gasteiger partial charge in [0.1, 0.15) is 18.1 Å². The summed E-state index contributed by atoms with van der Waals surface area (Å²) in [5, 5.41) is 11.3. The van der Waals surface area contributed by atoms with Gasteiger partial charge in [0.15, 0.2) is 5.76 Å². The minimum absolute atomic E-state index is 0.0718. The van der Waals surface area contributed by atoms with Crippen LogP contribution in [0.2, 0.25) is 0 Å². The van der Waals surface area contributed by atoms with Gasteiger partial charge in [-0.2, -0.15) is 0 Å². The van der Waals surface area contributed by atoms with E-state index in [0.29, 0.717) is 36.8 Å². The first-order valence-corrected chi connectivity index (χ1v) is 7.42. The van der Waals surface area contributed by atoms with E-state index in [2.05, 4.69) is 5.32 Å². The van der Waals surface area contributed by atoms with Gasteiger partial charge >= 0.3 is 5.97 Å². The molecular weight excluding hydrogens is 314 g/mol. The number of furan rings is 1. The molecule has 0 bridgehead atoms. The third kappa shape index (κ3) is 5.44. The minimum atomic E-state index is -0.844. The molecule has 0 saturated heterocycles. The first-order valence-electron chi connectivity index (χ1n) is 7.42. The molecule has 1 amide bonds. The van der Waals surface area contributed by atoms with Crippen LogP contribution in [0.15, 0.2) is 40.8 Å². The Bertz CT molecular complexity index is 677. The van der Waals surface area contributed by atoms with E-state index in [-0.39, 0.29) is 18.1 Å². The van der Waals surface area contributed by atoms with Crippen molar-refractivity contribution >= 4 is 17.6 Å². The fraction of sp³-hybridized carbons (Fsp3) is 0.294. The van der Waals surface area contributed by atoms with Crippen LogP contribution in [0, 0.1) is 0 Å². The van der Waals surface area contributed by atoms with E-state index >= 15 is 0 Å². The lowest BCUT2D eigenvalue weighted by atomic mass is 10.3. The predicted octanol–water partition coefficient (Wildman–Crippen LogP) is 2.92. The number of carbonyl (C=O) groups excluding carboxylic acids is 1. The maximum atomic E-state index is 12.1. The molecule has 2 rings (SSSR count). The SMILES string of the molecule is COCc1ccc(C(=O)Nc2ccc(OCCCC(=O)O)cc2)o1. The molecule has 0 aliphatic rings. The third-order valence-electron chi connectivity index (χ3n) is 3.09. The molecule has 24 heavy (non-hydrogen) atoms. The minimum Gasteiger partial charge on any atom is -0.494 e. The first kappa shape index (κ1) is 17.6. The summed E-state index contributed by atoms with van der Waals surface area (Å²) in [6, 6.07) is 10.1. The Morgan fingerprint density at radius 2 is 1.92 bits per heavy atom. The molecule has 1 aromatic heterocycles. The van der Waals surface area contributed by atoms with E-state index in [1.165, 1.54) is 0 Å². The number of aliphatic carboxylic acids is 1. The quantitative estimate of drug-likeness (QED) is 0.685. The van der Waals surface area contributed by atoms with Crippen LogP contribution in [0.1, 0.15) is 29.2 Å². The second-order valence-electron chi connectivity index (χ2n) is 5.02. The lowest BCUT2D eigenvalue weighted by Crippen LogP contribution is -2.10. The average molecular weight is 333 g/mol. The summed E-state index contributed by atoms with van der Waals surface area (Å²) in [5.74, 6) is 0.193. The Labute approximate surface area is 139 Å². The van der Waals surface area contributed by atoms with Crippen LogP contribution in [0.3, 0.4) is 0 Å². The number of hydrogen-bond acceptors (Lipinski definition) is 5. The summed E-state index contributed by atoms with van der Waals surface area (Å²) in [6.07, 6.45) is 0.512. The Kier molecular flexibility index (Phi) is 6.39. The average Bonchev–Trinajstić information content (AvgIpc) is 3.02. The molecule has 0 saturated carbocycles. The van der Waals surface area contributed by atoms with Gasteiger partial charge in [-0.1, -0.05) is 0 Å². The Morgan fingerprint density at radius 1 is 1.17 bits per heavy atom. The van der Waals surface area contributed by atoms with Crippen molar-refractivity contribution in [2.45, 2.75) is 19.4 Å². The largest absolute Gasteiger partial charge is 0.494 e. The Morgan fingerprint density at radius 3 is 2.58 bits per heavy atom. The Hall–Kier alpha value is -2.80. The van der Waals surface area contributed by atoms with Crippen LogP contribution >= 0.6 is 0 Å². The van der Waals surface area contributed by atoms with Gasteiger partial charge in [0.2, 0.25) is 0 Å². The second kappa shape index (κ2) is 8.73. The lowest BCUT2D eigenvalue weighted by molar-refractivity contribution is -0.137.